The van der Waals surface area contributed by atoms with Gasteiger partial charge < -0.3 is 16.0 Å². The lowest BCUT2D eigenvalue weighted by atomic mass is 10.1. The molecule has 2 heterocycles. The Labute approximate surface area is 101 Å². The summed E-state index contributed by atoms with van der Waals surface area (Å²) in [5, 5.41) is 11.7. The molecule has 3 N–H and O–H groups in total. The van der Waals surface area contributed by atoms with E-state index in [1.807, 2.05) is 6.20 Å². The molecule has 5 heteroatoms. The van der Waals surface area contributed by atoms with Crippen LogP contribution in [0.3, 0.4) is 0 Å². The average Bonchev–Trinajstić information content (AvgIpc) is 2.78. The van der Waals surface area contributed by atoms with E-state index in [9.17, 15) is 0 Å². The lowest BCUT2D eigenvalue weighted by Crippen LogP contribution is -2.55. The normalized spacial score (nSPS) is 21.6. The molecular weight excluding hydrogens is 214 g/mol. The summed E-state index contributed by atoms with van der Waals surface area (Å²) in [5.74, 6) is 0.898. The number of hydrogen-bond donors (Lipinski definition) is 2. The van der Waals surface area contributed by atoms with Crippen molar-refractivity contribution in [1.29, 1.82) is 0 Å². The third kappa shape index (κ3) is 2.34. The predicted molar refractivity (Wildman–Crippen MR) is 68.1 cm³/mol. The molecule has 17 heavy (non-hydrogen) atoms. The number of aromatic nitrogens is 2. The number of anilines is 2. The summed E-state index contributed by atoms with van der Waals surface area (Å²) in [6.45, 7) is 1.85. The Morgan fingerprint density at radius 2 is 2.06 bits per heavy atom. The Morgan fingerprint density at radius 1 is 1.29 bits per heavy atom. The first-order valence-corrected chi connectivity index (χ1v) is 6.41. The zero-order valence-electron chi connectivity index (χ0n) is 9.97. The van der Waals surface area contributed by atoms with E-state index >= 15 is 0 Å². The molecule has 92 valence electrons. The lowest BCUT2D eigenvalue weighted by molar-refractivity contribution is 0.518. The van der Waals surface area contributed by atoms with Crippen molar-refractivity contribution in [1.82, 2.24) is 10.2 Å². The summed E-state index contributed by atoms with van der Waals surface area (Å²) in [7, 11) is 0. The maximum absolute atomic E-state index is 5.78. The molecule has 5 nitrogen and oxygen atoms in total. The minimum Gasteiger partial charge on any atom is -0.367 e. The second kappa shape index (κ2) is 4.49. The van der Waals surface area contributed by atoms with Crippen LogP contribution in [-0.4, -0.2) is 35.4 Å². The Balaban J connectivity index is 1.66. The van der Waals surface area contributed by atoms with Crippen LogP contribution in [0.1, 0.15) is 25.7 Å². The molecule has 2 aliphatic rings. The molecule has 0 atom stereocenters. The van der Waals surface area contributed by atoms with Crippen LogP contribution in [0.5, 0.6) is 0 Å². The fourth-order valence-electron chi connectivity index (χ4n) is 2.60. The summed E-state index contributed by atoms with van der Waals surface area (Å²) in [5.41, 5.74) is 6.91. The first kappa shape index (κ1) is 10.8. The molecule has 0 amide bonds. The maximum atomic E-state index is 5.78. The van der Waals surface area contributed by atoms with E-state index in [4.69, 9.17) is 5.73 Å². The smallest absolute Gasteiger partial charge is 0.150 e. The number of hydrogen-bond acceptors (Lipinski definition) is 5. The maximum Gasteiger partial charge on any atom is 0.150 e. The van der Waals surface area contributed by atoms with Crippen LogP contribution in [0.4, 0.5) is 11.5 Å². The Kier molecular flexibility index (Phi) is 2.84. The minimum absolute atomic E-state index is 0.314. The summed E-state index contributed by atoms with van der Waals surface area (Å²) < 4.78 is 0. The summed E-state index contributed by atoms with van der Waals surface area (Å²) in [6, 6.07) is 2.98. The van der Waals surface area contributed by atoms with Gasteiger partial charge in [0.25, 0.3) is 0 Å². The molecule has 2 fully saturated rings. The minimum atomic E-state index is 0.314. The second-order valence-electron chi connectivity index (χ2n) is 5.09. The highest BCUT2D eigenvalue weighted by molar-refractivity contribution is 5.54. The van der Waals surface area contributed by atoms with Gasteiger partial charge in [0.05, 0.1) is 11.9 Å². The highest BCUT2D eigenvalue weighted by Gasteiger charge is 2.24. The number of nitrogens with one attached hydrogen (secondary N) is 1. The molecule has 0 spiro atoms. The third-order valence-electron chi connectivity index (χ3n) is 3.62. The van der Waals surface area contributed by atoms with Crippen molar-refractivity contribution in [2.45, 2.75) is 37.8 Å². The second-order valence-corrected chi connectivity index (χ2v) is 5.09. The van der Waals surface area contributed by atoms with Gasteiger partial charge in [-0.25, -0.2) is 0 Å². The van der Waals surface area contributed by atoms with Crippen molar-refractivity contribution in [2.75, 3.05) is 23.3 Å². The van der Waals surface area contributed by atoms with E-state index < -0.39 is 0 Å². The van der Waals surface area contributed by atoms with E-state index in [0.29, 0.717) is 12.1 Å². The molecule has 1 aromatic heterocycles. The Hall–Kier alpha value is -1.36. The van der Waals surface area contributed by atoms with Crippen LogP contribution < -0.4 is 16.0 Å². The van der Waals surface area contributed by atoms with Crippen LogP contribution in [-0.2, 0) is 0 Å². The largest absolute Gasteiger partial charge is 0.367 e. The third-order valence-corrected chi connectivity index (χ3v) is 3.62. The number of nitrogens with two attached hydrogens (primary N) is 1. The van der Waals surface area contributed by atoms with E-state index in [1.165, 1.54) is 25.7 Å². The van der Waals surface area contributed by atoms with Gasteiger partial charge in [0.2, 0.25) is 0 Å². The molecule has 0 radical (unpaired) electrons. The van der Waals surface area contributed by atoms with Crippen molar-refractivity contribution < 1.29 is 0 Å². The molecule has 1 aromatic rings. The molecule has 1 saturated carbocycles. The van der Waals surface area contributed by atoms with Crippen molar-refractivity contribution in [2.24, 2.45) is 5.73 Å². The van der Waals surface area contributed by atoms with Gasteiger partial charge in [0.1, 0.15) is 0 Å². The standard InChI is InChI=1S/C12H19N5/c13-9-7-17(8-9)11-5-12(16-14-6-11)15-10-3-1-2-4-10/h5-6,9-10H,1-4,7-8,13H2,(H,15,16). The van der Waals surface area contributed by atoms with Gasteiger partial charge >= 0.3 is 0 Å². The van der Waals surface area contributed by atoms with Crippen LogP contribution in [0.15, 0.2) is 12.3 Å². The highest BCUT2D eigenvalue weighted by Crippen LogP contribution is 2.24. The van der Waals surface area contributed by atoms with E-state index in [2.05, 4.69) is 26.5 Å². The zero-order valence-corrected chi connectivity index (χ0v) is 9.97. The predicted octanol–water partition coefficient (Wildman–Crippen LogP) is 0.978. The first-order chi connectivity index (χ1) is 8.31. The topological polar surface area (TPSA) is 67.1 Å². The number of nitrogens with zero attached hydrogens (tertiary/aromatic N) is 3. The van der Waals surface area contributed by atoms with Gasteiger partial charge in [-0.2, -0.15) is 5.10 Å². The fraction of sp³-hybridized carbons (Fsp3) is 0.667. The monoisotopic (exact) mass is 233 g/mol. The molecular formula is C12H19N5. The van der Waals surface area contributed by atoms with Crippen LogP contribution in [0.25, 0.3) is 0 Å². The molecule has 0 unspecified atom stereocenters. The summed E-state index contributed by atoms with van der Waals surface area (Å²) >= 11 is 0. The highest BCUT2D eigenvalue weighted by atomic mass is 15.3. The van der Waals surface area contributed by atoms with E-state index in [0.717, 1.165) is 24.6 Å². The Bertz CT molecular complexity index is 382. The van der Waals surface area contributed by atoms with E-state index in [-0.39, 0.29) is 0 Å². The quantitative estimate of drug-likeness (QED) is 0.814. The first-order valence-electron chi connectivity index (χ1n) is 6.41. The van der Waals surface area contributed by atoms with Crippen LogP contribution >= 0.6 is 0 Å². The van der Waals surface area contributed by atoms with Gasteiger partial charge in [-0.05, 0) is 12.8 Å². The van der Waals surface area contributed by atoms with Gasteiger partial charge in [0.15, 0.2) is 5.82 Å². The molecule has 0 bridgehead atoms. The van der Waals surface area contributed by atoms with E-state index in [1.54, 1.807) is 0 Å². The molecule has 1 aliphatic carbocycles. The summed E-state index contributed by atoms with van der Waals surface area (Å²) in [4.78, 5) is 2.24. The molecule has 1 saturated heterocycles. The van der Waals surface area contributed by atoms with Gasteiger partial charge in [-0.1, -0.05) is 12.8 Å². The molecule has 0 aromatic carbocycles. The molecule has 3 rings (SSSR count). The van der Waals surface area contributed by atoms with Crippen molar-refractivity contribution >= 4 is 11.5 Å². The molecule has 1 aliphatic heterocycles. The van der Waals surface area contributed by atoms with Crippen molar-refractivity contribution in [3.05, 3.63) is 12.3 Å². The van der Waals surface area contributed by atoms with Gasteiger partial charge in [0, 0.05) is 31.2 Å². The Morgan fingerprint density at radius 3 is 2.76 bits per heavy atom. The van der Waals surface area contributed by atoms with Gasteiger partial charge in [-0.15, -0.1) is 5.10 Å². The fourth-order valence-corrected chi connectivity index (χ4v) is 2.60. The van der Waals surface area contributed by atoms with Crippen LogP contribution in [0, 0.1) is 0 Å². The van der Waals surface area contributed by atoms with Crippen molar-refractivity contribution in [3.63, 3.8) is 0 Å². The van der Waals surface area contributed by atoms with Crippen LogP contribution in [0.2, 0.25) is 0 Å². The zero-order chi connectivity index (χ0) is 11.7. The van der Waals surface area contributed by atoms with Gasteiger partial charge in [-0.3, -0.25) is 0 Å². The summed E-state index contributed by atoms with van der Waals surface area (Å²) in [6.07, 6.45) is 6.96. The van der Waals surface area contributed by atoms with Crippen molar-refractivity contribution in [3.8, 4) is 0 Å². The number of rotatable bonds is 3. The lowest BCUT2D eigenvalue weighted by Gasteiger charge is -2.38. The SMILES string of the molecule is NC1CN(c2cnnc(NC3CCCC3)c2)C1. The average molecular weight is 233 g/mol.